The molecule has 2 saturated carbocycles. The Balaban J connectivity index is 1.51. The summed E-state index contributed by atoms with van der Waals surface area (Å²) in [5.74, 6) is -1.89. The topological polar surface area (TPSA) is 127 Å². The second-order valence-electron chi connectivity index (χ2n) is 24.6. The van der Waals surface area contributed by atoms with E-state index in [0.717, 1.165) is 87.2 Å². The first kappa shape index (κ1) is 65.2. The molecule has 0 aromatic rings. The van der Waals surface area contributed by atoms with Crippen molar-refractivity contribution in [3.8, 4) is 0 Å². The highest BCUT2D eigenvalue weighted by Crippen LogP contribution is 2.65. The molecule has 8 unspecified atom stereocenters. The average Bonchev–Trinajstić information content (AvgIpc) is 3.78. The van der Waals surface area contributed by atoms with Gasteiger partial charge in [-0.05, 0) is 136 Å². The highest BCUT2D eigenvalue weighted by atomic mass is 16.5. The molecular formula is C68H110O8. The van der Waals surface area contributed by atoms with Crippen LogP contribution < -0.4 is 0 Å². The number of Topliss-reactive ketones (excluding diaryl/α,β-unsaturated/α-hetero) is 1. The van der Waals surface area contributed by atoms with Crippen LogP contribution in [0.5, 0.6) is 0 Å². The Hall–Kier alpha value is -3.36. The Kier molecular flexibility index (Phi) is 29.7. The summed E-state index contributed by atoms with van der Waals surface area (Å²) in [6.45, 7) is 14.8. The van der Waals surface area contributed by atoms with E-state index in [2.05, 4.69) is 65.0 Å². The molecule has 4 rings (SSSR count). The highest BCUT2D eigenvalue weighted by Gasteiger charge is 2.65. The van der Waals surface area contributed by atoms with Crippen molar-refractivity contribution < 1.29 is 38.9 Å². The van der Waals surface area contributed by atoms with Crippen LogP contribution in [0.2, 0.25) is 0 Å². The smallest absolute Gasteiger partial charge is 0.305 e. The number of esters is 1. The van der Waals surface area contributed by atoms with Gasteiger partial charge >= 0.3 is 5.97 Å². The van der Waals surface area contributed by atoms with Crippen LogP contribution in [0.3, 0.4) is 0 Å². The number of ether oxygens (including phenoxy) is 2. The van der Waals surface area contributed by atoms with E-state index in [0.29, 0.717) is 63.4 Å². The van der Waals surface area contributed by atoms with Gasteiger partial charge in [-0.2, -0.15) is 0 Å². The minimum absolute atomic E-state index is 0.0911. The first-order chi connectivity index (χ1) is 36.6. The number of aliphatic hydroxyl groups is 2. The standard InChI is InChI=1S/C68H110O8/c1-9-11-13-15-17-19-21-23-25-27-29-31-33-40-63(71)76-46-36-39-59-57(54(6)51-69)41-44-66(7,74)68(59)45-42-58(64(68)72)55-48-56(47-53(5)38-35-37-52(3)4)67(60(49-55)61(70)50-62(75-8)65(67)73)43-34-32-30-28-26-24-22-20-18-16-14-12-10-2/h16,18,37,47-48,50-51,56,58-60,64,72,74H,9-15,17,19-36,38-46,49H2,1-8H3. The van der Waals surface area contributed by atoms with Crippen LogP contribution in [0.15, 0.2) is 70.1 Å². The number of fused-ring (bicyclic) bond motifs is 1. The SMILES string of the molecule is CCCCC=CCCCCCCCCCC12C(=O)C(OC)=CC(=O)C1CC(C1CCC3(C(CCCOC(=O)CCCCCCCCCCCCCCC)C(=C(C)C=O)CCC3(C)O)C1O)=CC2C=C(C)CCC=C(C)C. The number of hydrogen-bond acceptors (Lipinski definition) is 8. The van der Waals surface area contributed by atoms with Crippen LogP contribution in [0.25, 0.3) is 0 Å². The fraction of sp³-hybridized carbons (Fsp3) is 0.765. The number of unbranched alkanes of at least 4 members (excludes halogenated alkanes) is 21. The molecule has 4 aliphatic rings. The normalized spacial score (nSPS) is 27.4. The second kappa shape index (κ2) is 34.6. The lowest BCUT2D eigenvalue weighted by Gasteiger charge is -2.56. The maximum Gasteiger partial charge on any atom is 0.305 e. The summed E-state index contributed by atoms with van der Waals surface area (Å²) in [7, 11) is 1.49. The third-order valence-corrected chi connectivity index (χ3v) is 18.7. The van der Waals surface area contributed by atoms with Gasteiger partial charge < -0.3 is 19.7 Å². The Morgan fingerprint density at radius 2 is 1.34 bits per heavy atom. The van der Waals surface area contributed by atoms with Crippen molar-refractivity contribution in [1.29, 1.82) is 0 Å². The van der Waals surface area contributed by atoms with E-state index in [1.807, 2.05) is 13.8 Å². The van der Waals surface area contributed by atoms with Gasteiger partial charge in [-0.3, -0.25) is 19.2 Å². The van der Waals surface area contributed by atoms with Crippen LogP contribution >= 0.6 is 0 Å². The molecule has 4 aliphatic carbocycles. The lowest BCUT2D eigenvalue weighted by atomic mass is 9.51. The number of allylic oxidation sites excluding steroid dienone is 11. The second-order valence-corrected chi connectivity index (χ2v) is 24.6. The third-order valence-electron chi connectivity index (χ3n) is 18.7. The van der Waals surface area contributed by atoms with E-state index in [1.165, 1.54) is 121 Å². The van der Waals surface area contributed by atoms with Crippen molar-refractivity contribution in [2.24, 2.45) is 34.5 Å². The summed E-state index contributed by atoms with van der Waals surface area (Å²) in [5, 5.41) is 25.7. The monoisotopic (exact) mass is 1050 g/mol. The number of rotatable bonds is 38. The van der Waals surface area contributed by atoms with Crippen molar-refractivity contribution >= 4 is 23.8 Å². The summed E-state index contributed by atoms with van der Waals surface area (Å²) in [6.07, 6.45) is 47.8. The number of carbonyl (C=O) groups excluding carboxylic acids is 4. The van der Waals surface area contributed by atoms with Crippen molar-refractivity contribution in [2.45, 2.75) is 285 Å². The van der Waals surface area contributed by atoms with E-state index in [4.69, 9.17) is 9.47 Å². The van der Waals surface area contributed by atoms with Crippen LogP contribution in [-0.2, 0) is 28.7 Å². The van der Waals surface area contributed by atoms with E-state index in [-0.39, 0.29) is 47.7 Å². The Morgan fingerprint density at radius 3 is 1.95 bits per heavy atom. The summed E-state index contributed by atoms with van der Waals surface area (Å²) in [5.41, 5.74) is 1.79. The predicted octanol–water partition coefficient (Wildman–Crippen LogP) is 17.4. The molecule has 0 heterocycles. The van der Waals surface area contributed by atoms with E-state index >= 15 is 4.79 Å². The molecule has 0 aliphatic heterocycles. The van der Waals surface area contributed by atoms with E-state index in [1.54, 1.807) is 0 Å². The molecule has 2 fully saturated rings. The minimum atomic E-state index is -1.25. The first-order valence-electron chi connectivity index (χ1n) is 31.4. The number of aldehydes is 1. The van der Waals surface area contributed by atoms with Crippen molar-refractivity contribution in [2.75, 3.05) is 13.7 Å². The lowest BCUT2D eigenvalue weighted by molar-refractivity contribution is -0.168. The zero-order chi connectivity index (χ0) is 55.4. The van der Waals surface area contributed by atoms with Gasteiger partial charge in [0.25, 0.3) is 0 Å². The molecule has 8 nitrogen and oxygen atoms in total. The molecule has 2 N–H and O–H groups in total. The van der Waals surface area contributed by atoms with Crippen molar-refractivity contribution in [1.82, 2.24) is 0 Å². The molecule has 76 heavy (non-hydrogen) atoms. The van der Waals surface area contributed by atoms with Crippen LogP contribution in [0.1, 0.15) is 273 Å². The van der Waals surface area contributed by atoms with Gasteiger partial charge in [0.05, 0.1) is 30.8 Å². The zero-order valence-corrected chi connectivity index (χ0v) is 49.7. The van der Waals surface area contributed by atoms with Gasteiger partial charge in [-0.1, -0.05) is 195 Å². The molecule has 8 atom stereocenters. The molecule has 0 bridgehead atoms. The van der Waals surface area contributed by atoms with E-state index in [9.17, 15) is 24.6 Å². The summed E-state index contributed by atoms with van der Waals surface area (Å²) in [6, 6.07) is 0. The van der Waals surface area contributed by atoms with Gasteiger partial charge in [0, 0.05) is 35.7 Å². The first-order valence-corrected chi connectivity index (χ1v) is 31.4. The Bertz CT molecular complexity index is 1980. The maximum atomic E-state index is 15.0. The molecule has 0 amide bonds. The molecule has 430 valence electrons. The predicted molar refractivity (Wildman–Crippen MR) is 314 cm³/mol. The molecule has 8 heteroatoms. The number of aliphatic hydroxyl groups excluding tert-OH is 1. The van der Waals surface area contributed by atoms with E-state index < -0.39 is 28.5 Å². The lowest BCUT2D eigenvalue weighted by Crippen LogP contribution is -2.59. The van der Waals surface area contributed by atoms with Gasteiger partial charge in [0.1, 0.15) is 6.29 Å². The molecular weight excluding hydrogens is 945 g/mol. The molecule has 0 radical (unpaired) electrons. The Morgan fingerprint density at radius 1 is 0.750 bits per heavy atom. The molecule has 0 aromatic carbocycles. The van der Waals surface area contributed by atoms with Gasteiger partial charge in [-0.15, -0.1) is 0 Å². The maximum absolute atomic E-state index is 15.0. The summed E-state index contributed by atoms with van der Waals surface area (Å²) >= 11 is 0. The Labute approximate surface area is 463 Å². The van der Waals surface area contributed by atoms with Crippen molar-refractivity contribution in [3.05, 3.63) is 70.1 Å². The quantitative estimate of drug-likeness (QED) is 0.0206. The van der Waals surface area contributed by atoms with Crippen LogP contribution in [-0.4, -0.2) is 59.5 Å². The van der Waals surface area contributed by atoms with Gasteiger partial charge in [0.2, 0.25) is 5.78 Å². The molecule has 1 spiro atoms. The fourth-order valence-corrected chi connectivity index (χ4v) is 14.2. The fourth-order valence-electron chi connectivity index (χ4n) is 14.2. The highest BCUT2D eigenvalue weighted by molar-refractivity contribution is 6.12. The van der Waals surface area contributed by atoms with Crippen LogP contribution in [0, 0.1) is 34.5 Å². The summed E-state index contributed by atoms with van der Waals surface area (Å²) < 4.78 is 11.5. The zero-order valence-electron chi connectivity index (χ0n) is 49.7. The van der Waals surface area contributed by atoms with Crippen LogP contribution in [0.4, 0.5) is 0 Å². The van der Waals surface area contributed by atoms with Gasteiger partial charge in [-0.25, -0.2) is 0 Å². The minimum Gasteiger partial charge on any atom is -0.493 e. The molecule has 0 saturated heterocycles. The average molecular weight is 1060 g/mol. The number of hydrogen-bond donors (Lipinski definition) is 2. The molecule has 0 aromatic heterocycles. The van der Waals surface area contributed by atoms with Crippen molar-refractivity contribution in [3.63, 3.8) is 0 Å². The summed E-state index contributed by atoms with van der Waals surface area (Å²) in [4.78, 5) is 55.2. The largest absolute Gasteiger partial charge is 0.493 e. The number of ketones is 2. The third kappa shape index (κ3) is 18.6. The van der Waals surface area contributed by atoms with Gasteiger partial charge in [0.15, 0.2) is 11.5 Å². The number of methoxy groups -OCH3 is 1. The number of carbonyl (C=O) groups is 4.